The first-order valence-corrected chi connectivity index (χ1v) is 9.81. The van der Waals surface area contributed by atoms with Crippen LogP contribution in [0.5, 0.6) is 0 Å². The highest BCUT2D eigenvalue weighted by Gasteiger charge is 2.03. The highest BCUT2D eigenvalue weighted by molar-refractivity contribution is 9.09. The first-order chi connectivity index (χ1) is 6.20. The van der Waals surface area contributed by atoms with Crippen LogP contribution >= 0.6 is 81.9 Å². The summed E-state index contributed by atoms with van der Waals surface area (Å²) in [6, 6.07) is 0. The molecule has 0 nitrogen and oxygen atoms in total. The van der Waals surface area contributed by atoms with Gasteiger partial charge < -0.3 is 0 Å². The predicted molar refractivity (Wildman–Crippen MR) is 85.8 cm³/mol. The summed E-state index contributed by atoms with van der Waals surface area (Å²) in [4.78, 5) is 0. The Hall–Kier alpha value is 2.45. The smallest absolute Gasteiger partial charge is 0.0204 e. The van der Waals surface area contributed by atoms with Crippen molar-refractivity contribution >= 4 is 81.9 Å². The molecule has 0 amide bonds. The van der Waals surface area contributed by atoms with Crippen LogP contribution in [-0.4, -0.2) is 33.5 Å². The van der Waals surface area contributed by atoms with E-state index in [0.29, 0.717) is 10.5 Å². The number of hydrogen-bond acceptors (Lipinski definition) is 7. The van der Waals surface area contributed by atoms with Gasteiger partial charge in [0.15, 0.2) is 0 Å². The summed E-state index contributed by atoms with van der Waals surface area (Å²) < 4.78 is 0. The molecule has 0 aliphatic rings. The van der Waals surface area contributed by atoms with Gasteiger partial charge >= 0.3 is 0 Å². The minimum Gasteiger partial charge on any atom is -0.178 e. The quantitative estimate of drug-likeness (QED) is 0.308. The van der Waals surface area contributed by atoms with Crippen LogP contribution in [0.25, 0.3) is 0 Å². The molecule has 7 heteroatoms. The fourth-order valence-corrected chi connectivity index (χ4v) is 5.88. The molecule has 0 radical (unpaired) electrons. The van der Waals surface area contributed by atoms with E-state index < -0.39 is 0 Å². The summed E-state index contributed by atoms with van der Waals surface area (Å²) in [5.41, 5.74) is 0. The first kappa shape index (κ1) is 15.4. The Kier molecular flexibility index (Phi) is 13.0. The minimum atomic E-state index is 0.401. The molecule has 0 aliphatic heterocycles. The topological polar surface area (TPSA) is 0 Å². The average Bonchev–Trinajstić information content (AvgIpc) is 2.16. The summed E-state index contributed by atoms with van der Waals surface area (Å²) in [7, 11) is 5.48. The van der Waals surface area contributed by atoms with Crippen molar-refractivity contribution in [3.63, 3.8) is 0 Å². The maximum Gasteiger partial charge on any atom is 0.0204 e. The lowest BCUT2D eigenvalue weighted by molar-refractivity contribution is 1.17. The molecule has 2 atom stereocenters. The van der Waals surface area contributed by atoms with E-state index in [-0.39, 0.29) is 0 Å². The van der Waals surface area contributed by atoms with Crippen molar-refractivity contribution in [1.82, 2.24) is 0 Å². The monoisotopic (exact) mass is 310 g/mol. The third kappa shape index (κ3) is 10.7. The standard InChI is InChI=1S/C6H14S7/c7-1-5(9)3-11-13-12-4-6(10)2-8/h5-10H,1-4H2. The second-order valence-electron chi connectivity index (χ2n) is 2.31. The molecule has 0 spiro atoms. The fourth-order valence-electron chi connectivity index (χ4n) is 0.352. The summed E-state index contributed by atoms with van der Waals surface area (Å²) in [5, 5.41) is 0.802. The van der Waals surface area contributed by atoms with Crippen molar-refractivity contribution in [2.45, 2.75) is 10.5 Å². The van der Waals surface area contributed by atoms with Gasteiger partial charge in [-0.15, -0.1) is 0 Å². The molecule has 0 aromatic carbocycles. The Labute approximate surface area is 114 Å². The summed E-state index contributed by atoms with van der Waals surface area (Å²) >= 11 is 17.0. The normalized spacial score (nSPS) is 15.7. The molecule has 0 aliphatic carbocycles. The first-order valence-electron chi connectivity index (χ1n) is 3.69. The van der Waals surface area contributed by atoms with E-state index in [1.165, 1.54) is 0 Å². The van der Waals surface area contributed by atoms with Crippen LogP contribution in [0.15, 0.2) is 0 Å². The average molecular weight is 311 g/mol. The van der Waals surface area contributed by atoms with Crippen LogP contribution in [0, 0.1) is 0 Å². The fraction of sp³-hybridized carbons (Fsp3) is 1.00. The van der Waals surface area contributed by atoms with E-state index in [0.717, 1.165) is 23.0 Å². The number of thiol groups is 4. The molecule has 0 saturated heterocycles. The van der Waals surface area contributed by atoms with Crippen LogP contribution in [0.4, 0.5) is 0 Å². The molecule has 0 bridgehead atoms. The van der Waals surface area contributed by atoms with E-state index in [2.05, 4.69) is 50.5 Å². The Morgan fingerprint density at radius 3 is 1.54 bits per heavy atom. The second-order valence-corrected chi connectivity index (χ2v) is 8.82. The molecule has 0 heterocycles. The lowest BCUT2D eigenvalue weighted by atomic mass is 10.6. The van der Waals surface area contributed by atoms with Crippen LogP contribution in [0.2, 0.25) is 0 Å². The van der Waals surface area contributed by atoms with E-state index in [1.807, 2.05) is 31.4 Å². The van der Waals surface area contributed by atoms with Crippen molar-refractivity contribution in [2.24, 2.45) is 0 Å². The van der Waals surface area contributed by atoms with Gasteiger partial charge in [-0.3, -0.25) is 0 Å². The van der Waals surface area contributed by atoms with Gasteiger partial charge in [0.25, 0.3) is 0 Å². The van der Waals surface area contributed by atoms with Crippen LogP contribution in [0.3, 0.4) is 0 Å². The Balaban J connectivity index is 3.08. The van der Waals surface area contributed by atoms with Crippen LogP contribution in [0.1, 0.15) is 0 Å². The maximum atomic E-state index is 4.34. The van der Waals surface area contributed by atoms with E-state index in [4.69, 9.17) is 0 Å². The van der Waals surface area contributed by atoms with Crippen molar-refractivity contribution in [3.05, 3.63) is 0 Å². The third-order valence-corrected chi connectivity index (χ3v) is 8.12. The zero-order valence-electron chi connectivity index (χ0n) is 7.00. The van der Waals surface area contributed by atoms with Gasteiger partial charge in [0.05, 0.1) is 0 Å². The Morgan fingerprint density at radius 2 is 1.23 bits per heavy atom. The Morgan fingerprint density at radius 1 is 0.846 bits per heavy atom. The van der Waals surface area contributed by atoms with Crippen molar-refractivity contribution in [1.29, 1.82) is 0 Å². The Bertz CT molecular complexity index is 97.2. The van der Waals surface area contributed by atoms with E-state index in [1.54, 1.807) is 0 Å². The predicted octanol–water partition coefficient (Wildman–Crippen LogP) is 3.47. The van der Waals surface area contributed by atoms with Gasteiger partial charge in [-0.1, -0.05) is 21.6 Å². The zero-order valence-corrected chi connectivity index (χ0v) is 13.0. The lowest BCUT2D eigenvalue weighted by Gasteiger charge is -2.07. The number of rotatable bonds is 8. The van der Waals surface area contributed by atoms with Gasteiger partial charge in [0, 0.05) is 33.5 Å². The molecule has 0 saturated carbocycles. The molecule has 13 heavy (non-hydrogen) atoms. The molecular weight excluding hydrogens is 297 g/mol. The van der Waals surface area contributed by atoms with Crippen molar-refractivity contribution in [3.8, 4) is 0 Å². The summed E-state index contributed by atoms with van der Waals surface area (Å²) in [6.07, 6.45) is 0. The van der Waals surface area contributed by atoms with Gasteiger partial charge in [-0.2, -0.15) is 50.5 Å². The van der Waals surface area contributed by atoms with Gasteiger partial charge in [0.2, 0.25) is 0 Å². The zero-order chi connectivity index (χ0) is 10.1. The van der Waals surface area contributed by atoms with E-state index >= 15 is 0 Å². The van der Waals surface area contributed by atoms with Crippen molar-refractivity contribution < 1.29 is 0 Å². The molecule has 0 fully saturated rings. The lowest BCUT2D eigenvalue weighted by Crippen LogP contribution is -2.03. The molecule has 0 aromatic rings. The SMILES string of the molecule is SCC(S)CSSSCC(S)CS. The van der Waals surface area contributed by atoms with Gasteiger partial charge in [0.1, 0.15) is 0 Å². The summed E-state index contributed by atoms with van der Waals surface area (Å²) in [5.74, 6) is 3.77. The third-order valence-electron chi connectivity index (χ3n) is 1.04. The number of hydrogen-bond donors (Lipinski definition) is 4. The summed E-state index contributed by atoms with van der Waals surface area (Å²) in [6.45, 7) is 0. The molecule has 0 rings (SSSR count). The highest BCUT2D eigenvalue weighted by Crippen LogP contribution is 2.36. The minimum absolute atomic E-state index is 0.401. The molecule has 2 unspecified atom stereocenters. The second kappa shape index (κ2) is 11.0. The van der Waals surface area contributed by atoms with Crippen LogP contribution in [-0.2, 0) is 0 Å². The van der Waals surface area contributed by atoms with Gasteiger partial charge in [-0.25, -0.2) is 0 Å². The molecular formula is C6H14S7. The highest BCUT2D eigenvalue weighted by atomic mass is 33.5. The van der Waals surface area contributed by atoms with Crippen LogP contribution < -0.4 is 0 Å². The van der Waals surface area contributed by atoms with Gasteiger partial charge in [-0.05, 0) is 9.83 Å². The van der Waals surface area contributed by atoms with Crippen molar-refractivity contribution in [2.75, 3.05) is 23.0 Å². The maximum absolute atomic E-state index is 4.34. The molecule has 80 valence electrons. The molecule has 0 N–H and O–H groups in total. The van der Waals surface area contributed by atoms with E-state index in [9.17, 15) is 0 Å². The molecule has 0 aromatic heterocycles. The largest absolute Gasteiger partial charge is 0.178 e.